The van der Waals surface area contributed by atoms with Crippen molar-refractivity contribution < 1.29 is 28.9 Å². The highest BCUT2D eigenvalue weighted by Gasteiger charge is 2.41. The lowest BCUT2D eigenvalue weighted by Crippen LogP contribution is -2.40. The van der Waals surface area contributed by atoms with Crippen LogP contribution in [0.2, 0.25) is 0 Å². The summed E-state index contributed by atoms with van der Waals surface area (Å²) in [6.45, 7) is -0.118. The van der Waals surface area contributed by atoms with Crippen molar-refractivity contribution >= 4 is 11.9 Å². The zero-order valence-corrected chi connectivity index (χ0v) is 16.6. The molecule has 7 nitrogen and oxygen atoms in total. The van der Waals surface area contributed by atoms with Gasteiger partial charge in [-0.3, -0.25) is 4.79 Å². The monoisotopic (exact) mass is 419 g/mol. The number of fused-ring (bicyclic) bond motifs is 1. The van der Waals surface area contributed by atoms with Gasteiger partial charge in [-0.05, 0) is 28.8 Å². The predicted octanol–water partition coefficient (Wildman–Crippen LogP) is 2.51. The highest BCUT2D eigenvalue weighted by molar-refractivity contribution is 5.88. The third kappa shape index (κ3) is 4.36. The Bertz CT molecular complexity index is 1030. The molecule has 3 aromatic rings. The molecule has 1 amide bonds. The Morgan fingerprint density at radius 3 is 2.16 bits per heavy atom. The number of carbonyl (C=O) groups excluding carboxylic acids is 2. The maximum atomic E-state index is 12.9. The first-order valence-electron chi connectivity index (χ1n) is 9.73. The number of nitrogens with one attached hydrogen (secondary N) is 1. The van der Waals surface area contributed by atoms with Crippen LogP contribution < -0.4 is 14.8 Å². The molecule has 0 aliphatic carbocycles. The highest BCUT2D eigenvalue weighted by Crippen LogP contribution is 2.33. The second-order valence-corrected chi connectivity index (χ2v) is 6.98. The average Bonchev–Trinajstić information content (AvgIpc) is 3.29. The van der Waals surface area contributed by atoms with Crippen LogP contribution in [0.5, 0.6) is 11.5 Å². The molecule has 4 rings (SSSR count). The van der Waals surface area contributed by atoms with Crippen LogP contribution in [0.4, 0.5) is 0 Å². The fourth-order valence-electron chi connectivity index (χ4n) is 3.30. The number of ether oxygens (including phenoxy) is 3. The summed E-state index contributed by atoms with van der Waals surface area (Å²) in [6.07, 6.45) is 0. The number of benzene rings is 3. The van der Waals surface area contributed by atoms with Gasteiger partial charge in [-0.25, -0.2) is 4.79 Å². The van der Waals surface area contributed by atoms with E-state index in [1.54, 1.807) is 72.8 Å². The van der Waals surface area contributed by atoms with E-state index in [9.17, 15) is 14.7 Å². The first-order chi connectivity index (χ1) is 15.1. The molecule has 7 heteroatoms. The number of rotatable bonds is 7. The summed E-state index contributed by atoms with van der Waals surface area (Å²) in [5.74, 6) is -0.142. The van der Waals surface area contributed by atoms with Gasteiger partial charge in [-0.2, -0.15) is 0 Å². The third-order valence-electron chi connectivity index (χ3n) is 4.94. The molecule has 1 heterocycles. The summed E-state index contributed by atoms with van der Waals surface area (Å²) in [5.41, 5.74) is -0.506. The van der Waals surface area contributed by atoms with Gasteiger partial charge >= 0.3 is 5.97 Å². The standard InChI is InChI=1S/C24H21NO6/c26-22(25-14-17-11-12-20-21(13-17)31-16-30-20)15-29-23(27)24(28,18-7-3-1-4-8-18)19-9-5-2-6-10-19/h1-13,28H,14-16H2,(H,25,26). The summed E-state index contributed by atoms with van der Waals surface area (Å²) in [5, 5.41) is 14.0. The summed E-state index contributed by atoms with van der Waals surface area (Å²) in [4.78, 5) is 25.1. The predicted molar refractivity (Wildman–Crippen MR) is 111 cm³/mol. The molecule has 2 N–H and O–H groups in total. The van der Waals surface area contributed by atoms with Crippen molar-refractivity contribution in [2.24, 2.45) is 0 Å². The highest BCUT2D eigenvalue weighted by atomic mass is 16.7. The normalized spacial score (nSPS) is 12.3. The fourth-order valence-corrected chi connectivity index (χ4v) is 3.30. The zero-order valence-electron chi connectivity index (χ0n) is 16.6. The van der Waals surface area contributed by atoms with Crippen molar-refractivity contribution in [1.29, 1.82) is 0 Å². The van der Waals surface area contributed by atoms with Crippen LogP contribution in [0.1, 0.15) is 16.7 Å². The number of amides is 1. The van der Waals surface area contributed by atoms with Gasteiger partial charge in [0.1, 0.15) is 0 Å². The quantitative estimate of drug-likeness (QED) is 0.572. The summed E-state index contributed by atoms with van der Waals surface area (Å²) < 4.78 is 15.8. The van der Waals surface area contributed by atoms with E-state index in [1.807, 2.05) is 6.07 Å². The Hall–Kier alpha value is -3.84. The second kappa shape index (κ2) is 8.89. The van der Waals surface area contributed by atoms with Gasteiger partial charge in [-0.1, -0.05) is 66.7 Å². The smallest absolute Gasteiger partial charge is 0.348 e. The van der Waals surface area contributed by atoms with Crippen LogP contribution in [0, 0.1) is 0 Å². The molecule has 0 radical (unpaired) electrons. The van der Waals surface area contributed by atoms with E-state index < -0.39 is 24.1 Å². The van der Waals surface area contributed by atoms with E-state index in [4.69, 9.17) is 14.2 Å². The number of esters is 1. The molecular weight excluding hydrogens is 398 g/mol. The molecule has 0 saturated carbocycles. The topological polar surface area (TPSA) is 94.1 Å². The van der Waals surface area contributed by atoms with E-state index in [0.717, 1.165) is 5.56 Å². The Kier molecular flexibility index (Phi) is 5.86. The first kappa shape index (κ1) is 20.4. The molecular formula is C24H21NO6. The molecule has 0 bridgehead atoms. The van der Waals surface area contributed by atoms with Crippen LogP contribution in [0.25, 0.3) is 0 Å². The van der Waals surface area contributed by atoms with E-state index in [-0.39, 0.29) is 13.3 Å². The number of hydrogen-bond donors (Lipinski definition) is 2. The van der Waals surface area contributed by atoms with Gasteiger partial charge in [-0.15, -0.1) is 0 Å². The Balaban J connectivity index is 1.40. The molecule has 1 aliphatic rings. The van der Waals surface area contributed by atoms with Gasteiger partial charge in [0.05, 0.1) is 0 Å². The fraction of sp³-hybridized carbons (Fsp3) is 0.167. The Morgan fingerprint density at radius 1 is 0.903 bits per heavy atom. The van der Waals surface area contributed by atoms with Gasteiger partial charge in [0.25, 0.3) is 5.91 Å². The molecule has 31 heavy (non-hydrogen) atoms. The van der Waals surface area contributed by atoms with Gasteiger partial charge in [0, 0.05) is 6.54 Å². The lowest BCUT2D eigenvalue weighted by molar-refractivity contribution is -0.164. The van der Waals surface area contributed by atoms with Crippen LogP contribution >= 0.6 is 0 Å². The zero-order chi connectivity index (χ0) is 21.7. The van der Waals surface area contributed by atoms with Crippen molar-refractivity contribution in [2.75, 3.05) is 13.4 Å². The van der Waals surface area contributed by atoms with Crippen molar-refractivity contribution in [2.45, 2.75) is 12.1 Å². The van der Waals surface area contributed by atoms with Crippen molar-refractivity contribution in [1.82, 2.24) is 5.32 Å². The molecule has 0 spiro atoms. The molecule has 0 unspecified atom stereocenters. The summed E-state index contributed by atoms with van der Waals surface area (Å²) >= 11 is 0. The van der Waals surface area contributed by atoms with Gasteiger partial charge < -0.3 is 24.6 Å². The number of carbonyl (C=O) groups is 2. The minimum absolute atomic E-state index is 0.173. The SMILES string of the molecule is O=C(COC(=O)C(O)(c1ccccc1)c1ccccc1)NCc1ccc2c(c1)OCO2. The molecule has 1 aliphatic heterocycles. The van der Waals surface area contributed by atoms with Crippen LogP contribution in [-0.2, 0) is 26.5 Å². The summed E-state index contributed by atoms with van der Waals surface area (Å²) in [6, 6.07) is 22.3. The van der Waals surface area contributed by atoms with E-state index in [0.29, 0.717) is 22.6 Å². The number of hydrogen-bond acceptors (Lipinski definition) is 6. The van der Waals surface area contributed by atoms with Crippen LogP contribution in [0.3, 0.4) is 0 Å². The Morgan fingerprint density at radius 2 is 1.52 bits per heavy atom. The van der Waals surface area contributed by atoms with Crippen molar-refractivity contribution in [3.05, 3.63) is 95.6 Å². The lowest BCUT2D eigenvalue weighted by atomic mass is 9.86. The first-order valence-corrected chi connectivity index (χ1v) is 9.73. The minimum Gasteiger partial charge on any atom is -0.454 e. The molecule has 3 aromatic carbocycles. The van der Waals surface area contributed by atoms with Gasteiger partial charge in [0.15, 0.2) is 18.1 Å². The molecule has 0 fully saturated rings. The van der Waals surface area contributed by atoms with Crippen molar-refractivity contribution in [3.8, 4) is 11.5 Å². The maximum absolute atomic E-state index is 12.9. The maximum Gasteiger partial charge on any atom is 0.348 e. The van der Waals surface area contributed by atoms with Crippen LogP contribution in [0.15, 0.2) is 78.9 Å². The second-order valence-electron chi connectivity index (χ2n) is 6.98. The van der Waals surface area contributed by atoms with Crippen LogP contribution in [-0.4, -0.2) is 30.4 Å². The molecule has 0 saturated heterocycles. The Labute approximate surface area is 179 Å². The molecule has 0 aromatic heterocycles. The lowest BCUT2D eigenvalue weighted by Gasteiger charge is -2.26. The average molecular weight is 419 g/mol. The molecule has 158 valence electrons. The van der Waals surface area contributed by atoms with Gasteiger partial charge in [0.2, 0.25) is 12.4 Å². The largest absolute Gasteiger partial charge is 0.454 e. The van der Waals surface area contributed by atoms with E-state index in [2.05, 4.69) is 5.32 Å². The number of aliphatic hydroxyl groups is 1. The van der Waals surface area contributed by atoms with E-state index >= 15 is 0 Å². The van der Waals surface area contributed by atoms with Crippen molar-refractivity contribution in [3.63, 3.8) is 0 Å². The van der Waals surface area contributed by atoms with E-state index in [1.165, 1.54) is 0 Å². The molecule has 0 atom stereocenters. The minimum atomic E-state index is -2.03. The summed E-state index contributed by atoms with van der Waals surface area (Å²) in [7, 11) is 0. The third-order valence-corrected chi connectivity index (χ3v) is 4.94.